The van der Waals surface area contributed by atoms with Crippen molar-refractivity contribution in [2.45, 2.75) is 6.92 Å². The second-order valence-electron chi connectivity index (χ2n) is 3.89. The van der Waals surface area contributed by atoms with Crippen LogP contribution < -0.4 is 4.74 Å². The summed E-state index contributed by atoms with van der Waals surface area (Å²) in [6.07, 6.45) is 0. The number of ketones is 1. The van der Waals surface area contributed by atoms with Gasteiger partial charge in [0.2, 0.25) is 0 Å². The van der Waals surface area contributed by atoms with Crippen molar-refractivity contribution in [1.82, 2.24) is 0 Å². The summed E-state index contributed by atoms with van der Waals surface area (Å²) >= 11 is 0. The highest BCUT2D eigenvalue weighted by molar-refractivity contribution is 6.09. The molecule has 0 aliphatic heterocycles. The van der Waals surface area contributed by atoms with Crippen LogP contribution in [0.4, 0.5) is 8.78 Å². The van der Waals surface area contributed by atoms with Crippen molar-refractivity contribution in [2.75, 3.05) is 6.61 Å². The lowest BCUT2D eigenvalue weighted by Crippen LogP contribution is -2.07. The SMILES string of the molecule is CCOc1cccc(C(=O)c2c(F)cccc2F)c1. The number of halogens is 2. The molecule has 0 radical (unpaired) electrons. The molecule has 0 saturated heterocycles. The van der Waals surface area contributed by atoms with Crippen LogP contribution in [0.3, 0.4) is 0 Å². The highest BCUT2D eigenvalue weighted by Crippen LogP contribution is 2.20. The predicted octanol–water partition coefficient (Wildman–Crippen LogP) is 3.59. The predicted molar refractivity (Wildman–Crippen MR) is 67.4 cm³/mol. The highest BCUT2D eigenvalue weighted by Gasteiger charge is 2.18. The normalized spacial score (nSPS) is 10.3. The minimum absolute atomic E-state index is 0.190. The first-order valence-electron chi connectivity index (χ1n) is 5.85. The molecule has 0 aromatic heterocycles. The third-order valence-electron chi connectivity index (χ3n) is 2.60. The Balaban J connectivity index is 2.41. The Morgan fingerprint density at radius 2 is 1.74 bits per heavy atom. The number of ether oxygens (including phenoxy) is 1. The van der Waals surface area contributed by atoms with Gasteiger partial charge in [-0.25, -0.2) is 8.78 Å². The van der Waals surface area contributed by atoms with Crippen LogP contribution in [0.15, 0.2) is 42.5 Å². The Kier molecular flexibility index (Phi) is 3.90. The summed E-state index contributed by atoms with van der Waals surface area (Å²) in [5.41, 5.74) is -0.355. The summed E-state index contributed by atoms with van der Waals surface area (Å²) in [6.45, 7) is 2.26. The van der Waals surface area contributed by atoms with Crippen LogP contribution in [0, 0.1) is 11.6 Å². The van der Waals surface area contributed by atoms with Gasteiger partial charge in [-0.3, -0.25) is 4.79 Å². The molecule has 0 spiro atoms. The van der Waals surface area contributed by atoms with Crippen LogP contribution in [-0.4, -0.2) is 12.4 Å². The zero-order valence-electron chi connectivity index (χ0n) is 10.3. The molecule has 0 atom stereocenters. The number of hydrogen-bond donors (Lipinski definition) is 0. The average Bonchev–Trinajstić information content (AvgIpc) is 2.39. The standard InChI is InChI=1S/C15H12F2O2/c1-2-19-11-6-3-5-10(9-11)15(18)14-12(16)7-4-8-13(14)17/h3-9H,2H2,1H3. The quantitative estimate of drug-likeness (QED) is 0.787. The maximum absolute atomic E-state index is 13.5. The van der Waals surface area contributed by atoms with Gasteiger partial charge in [-0.2, -0.15) is 0 Å². The Bertz CT molecular complexity index is 589. The molecular formula is C15H12F2O2. The van der Waals surface area contributed by atoms with Gasteiger partial charge in [0, 0.05) is 5.56 Å². The summed E-state index contributed by atoms with van der Waals surface area (Å²) in [5, 5.41) is 0. The van der Waals surface area contributed by atoms with Crippen LogP contribution in [0.1, 0.15) is 22.8 Å². The van der Waals surface area contributed by atoms with Crippen LogP contribution in [0.5, 0.6) is 5.75 Å². The first-order valence-corrected chi connectivity index (χ1v) is 5.85. The smallest absolute Gasteiger partial charge is 0.199 e. The minimum atomic E-state index is -0.869. The van der Waals surface area contributed by atoms with Crippen molar-refractivity contribution in [3.8, 4) is 5.75 Å². The monoisotopic (exact) mass is 262 g/mol. The zero-order valence-corrected chi connectivity index (χ0v) is 10.3. The van der Waals surface area contributed by atoms with Crippen molar-refractivity contribution in [1.29, 1.82) is 0 Å². The van der Waals surface area contributed by atoms with Crippen LogP contribution in [0.2, 0.25) is 0 Å². The van der Waals surface area contributed by atoms with E-state index in [-0.39, 0.29) is 5.56 Å². The van der Waals surface area contributed by atoms with Gasteiger partial charge in [0.25, 0.3) is 0 Å². The fourth-order valence-corrected chi connectivity index (χ4v) is 1.75. The molecule has 98 valence electrons. The maximum Gasteiger partial charge on any atom is 0.199 e. The molecule has 2 aromatic carbocycles. The number of benzene rings is 2. The van der Waals surface area contributed by atoms with Gasteiger partial charge < -0.3 is 4.74 Å². The van der Waals surface area contributed by atoms with E-state index in [0.29, 0.717) is 12.4 Å². The lowest BCUT2D eigenvalue weighted by Gasteiger charge is -2.07. The Labute approximate surface area is 109 Å². The Morgan fingerprint density at radius 1 is 1.11 bits per heavy atom. The van der Waals surface area contributed by atoms with E-state index in [1.807, 2.05) is 6.92 Å². The third-order valence-corrected chi connectivity index (χ3v) is 2.60. The molecule has 19 heavy (non-hydrogen) atoms. The molecule has 0 bridgehead atoms. The number of carbonyl (C=O) groups is 1. The maximum atomic E-state index is 13.5. The summed E-state index contributed by atoms with van der Waals surface area (Å²) < 4.78 is 32.3. The fourth-order valence-electron chi connectivity index (χ4n) is 1.75. The molecule has 4 heteroatoms. The second kappa shape index (κ2) is 5.61. The van der Waals surface area contributed by atoms with E-state index in [9.17, 15) is 13.6 Å². The number of hydrogen-bond acceptors (Lipinski definition) is 2. The van der Waals surface area contributed by atoms with Crippen molar-refractivity contribution < 1.29 is 18.3 Å². The summed E-state index contributed by atoms with van der Waals surface area (Å²) in [6, 6.07) is 9.59. The largest absolute Gasteiger partial charge is 0.494 e. The van der Waals surface area contributed by atoms with Crippen molar-refractivity contribution in [2.24, 2.45) is 0 Å². The van der Waals surface area contributed by atoms with E-state index < -0.39 is 23.0 Å². The molecule has 0 heterocycles. The van der Waals surface area contributed by atoms with Crippen molar-refractivity contribution in [3.05, 3.63) is 65.2 Å². The zero-order chi connectivity index (χ0) is 13.8. The topological polar surface area (TPSA) is 26.3 Å². The second-order valence-corrected chi connectivity index (χ2v) is 3.89. The molecular weight excluding hydrogens is 250 g/mol. The van der Waals surface area contributed by atoms with Crippen LogP contribution in [-0.2, 0) is 0 Å². The first-order chi connectivity index (χ1) is 9.13. The van der Waals surface area contributed by atoms with E-state index in [1.54, 1.807) is 12.1 Å². The minimum Gasteiger partial charge on any atom is -0.494 e. The molecule has 0 aliphatic rings. The Hall–Kier alpha value is -2.23. The van der Waals surface area contributed by atoms with Crippen molar-refractivity contribution in [3.63, 3.8) is 0 Å². The molecule has 0 aliphatic carbocycles. The molecule has 0 N–H and O–H groups in total. The van der Waals surface area contributed by atoms with E-state index in [0.717, 1.165) is 12.1 Å². The fraction of sp³-hybridized carbons (Fsp3) is 0.133. The number of carbonyl (C=O) groups excluding carboxylic acids is 1. The van der Waals surface area contributed by atoms with Gasteiger partial charge in [0.15, 0.2) is 5.78 Å². The van der Waals surface area contributed by atoms with Gasteiger partial charge in [0.05, 0.1) is 12.2 Å². The first kappa shape index (κ1) is 13.2. The summed E-state index contributed by atoms with van der Waals surface area (Å²) in [7, 11) is 0. The van der Waals surface area contributed by atoms with Gasteiger partial charge >= 0.3 is 0 Å². The van der Waals surface area contributed by atoms with E-state index in [2.05, 4.69) is 0 Å². The molecule has 0 unspecified atom stereocenters. The van der Waals surface area contributed by atoms with E-state index in [4.69, 9.17) is 4.74 Å². The van der Waals surface area contributed by atoms with Crippen molar-refractivity contribution >= 4 is 5.78 Å². The molecule has 2 rings (SSSR count). The van der Waals surface area contributed by atoms with E-state index >= 15 is 0 Å². The van der Waals surface area contributed by atoms with Gasteiger partial charge in [-0.15, -0.1) is 0 Å². The van der Waals surface area contributed by atoms with Crippen LogP contribution in [0.25, 0.3) is 0 Å². The Morgan fingerprint density at radius 3 is 2.37 bits per heavy atom. The van der Waals surface area contributed by atoms with E-state index in [1.165, 1.54) is 18.2 Å². The lowest BCUT2D eigenvalue weighted by atomic mass is 10.0. The van der Waals surface area contributed by atoms with Gasteiger partial charge in [-0.05, 0) is 31.2 Å². The summed E-state index contributed by atoms with van der Waals surface area (Å²) in [4.78, 5) is 12.1. The lowest BCUT2D eigenvalue weighted by molar-refractivity contribution is 0.103. The molecule has 2 aromatic rings. The number of rotatable bonds is 4. The molecule has 0 fully saturated rings. The van der Waals surface area contributed by atoms with Gasteiger partial charge in [-0.1, -0.05) is 18.2 Å². The highest BCUT2D eigenvalue weighted by atomic mass is 19.1. The molecule has 0 amide bonds. The van der Waals surface area contributed by atoms with Gasteiger partial charge in [0.1, 0.15) is 17.4 Å². The molecule has 2 nitrogen and oxygen atoms in total. The summed E-state index contributed by atoms with van der Waals surface area (Å²) in [5.74, 6) is -1.94. The third kappa shape index (κ3) is 2.78. The molecule has 0 saturated carbocycles. The average molecular weight is 262 g/mol. The van der Waals surface area contributed by atoms with Crippen LogP contribution >= 0.6 is 0 Å².